The number of hydrogen-bond donors (Lipinski definition) is 1. The topological polar surface area (TPSA) is 45.3 Å². The Morgan fingerprint density at radius 1 is 1.32 bits per heavy atom. The quantitative estimate of drug-likeness (QED) is 0.836. The molecule has 1 aromatic carbocycles. The Hall–Kier alpha value is -1.81. The fourth-order valence-electron chi connectivity index (χ4n) is 2.22. The number of carbonyl (C=O) groups excluding carboxylic acids is 1. The average molecular weight is 260 g/mol. The first-order chi connectivity index (χ1) is 9.11. The summed E-state index contributed by atoms with van der Waals surface area (Å²) < 4.78 is 4.79. The van der Waals surface area contributed by atoms with Crippen LogP contribution in [0.25, 0.3) is 10.9 Å². The smallest absolute Gasteiger partial charge is 0.310 e. The monoisotopic (exact) mass is 260 g/mol. The van der Waals surface area contributed by atoms with Gasteiger partial charge in [-0.3, -0.25) is 4.79 Å². The van der Waals surface area contributed by atoms with Crippen LogP contribution in [0, 0.1) is 0 Å². The van der Waals surface area contributed by atoms with Gasteiger partial charge in [-0.25, -0.2) is 0 Å². The molecule has 102 valence electrons. The fraction of sp³-hybridized carbons (Fsp3) is 0.400. The zero-order valence-corrected chi connectivity index (χ0v) is 11.7. The van der Waals surface area contributed by atoms with Crippen molar-refractivity contribution in [3.8, 4) is 0 Å². The van der Waals surface area contributed by atoms with Crippen molar-refractivity contribution < 1.29 is 9.53 Å². The van der Waals surface area contributed by atoms with Gasteiger partial charge < -0.3 is 14.6 Å². The number of methoxy groups -OCH3 is 1. The van der Waals surface area contributed by atoms with Gasteiger partial charge in [-0.2, -0.15) is 0 Å². The number of aromatic nitrogens is 1. The van der Waals surface area contributed by atoms with Gasteiger partial charge in [-0.05, 0) is 25.7 Å². The van der Waals surface area contributed by atoms with Crippen molar-refractivity contribution in [1.29, 1.82) is 0 Å². The van der Waals surface area contributed by atoms with Crippen molar-refractivity contribution >= 4 is 16.9 Å². The molecule has 0 unspecified atom stereocenters. The summed E-state index contributed by atoms with van der Waals surface area (Å²) in [5, 5.41) is 1.11. The second kappa shape index (κ2) is 5.89. The minimum Gasteiger partial charge on any atom is -0.469 e. The average Bonchev–Trinajstić information content (AvgIpc) is 2.74. The van der Waals surface area contributed by atoms with Gasteiger partial charge in [0.15, 0.2) is 0 Å². The van der Waals surface area contributed by atoms with E-state index in [2.05, 4.69) is 9.88 Å². The van der Waals surface area contributed by atoms with Crippen LogP contribution in [0.5, 0.6) is 0 Å². The summed E-state index contributed by atoms with van der Waals surface area (Å²) in [6.45, 7) is 0.945. The molecule has 1 aromatic heterocycles. The van der Waals surface area contributed by atoms with Gasteiger partial charge in [0.05, 0.1) is 13.5 Å². The van der Waals surface area contributed by atoms with E-state index in [9.17, 15) is 4.79 Å². The van der Waals surface area contributed by atoms with Crippen molar-refractivity contribution in [3.05, 3.63) is 35.5 Å². The molecule has 0 radical (unpaired) electrons. The fourth-order valence-corrected chi connectivity index (χ4v) is 2.22. The summed E-state index contributed by atoms with van der Waals surface area (Å²) in [6, 6.07) is 8.07. The number of aromatic amines is 1. The first-order valence-corrected chi connectivity index (χ1v) is 6.42. The molecular formula is C15H20N2O2. The lowest BCUT2D eigenvalue weighted by Crippen LogP contribution is -2.16. The predicted molar refractivity (Wildman–Crippen MR) is 76.3 cm³/mol. The van der Waals surface area contributed by atoms with Crippen molar-refractivity contribution in [2.75, 3.05) is 27.7 Å². The highest BCUT2D eigenvalue weighted by atomic mass is 16.5. The first-order valence-electron chi connectivity index (χ1n) is 6.42. The van der Waals surface area contributed by atoms with E-state index in [1.165, 1.54) is 7.11 Å². The molecule has 0 amide bonds. The number of likely N-dealkylation sites (N-methyl/N-ethyl adjacent to an activating group) is 1. The van der Waals surface area contributed by atoms with E-state index in [0.29, 0.717) is 6.42 Å². The van der Waals surface area contributed by atoms with E-state index >= 15 is 0 Å². The molecule has 0 saturated carbocycles. The number of rotatable bonds is 5. The Morgan fingerprint density at radius 2 is 2.05 bits per heavy atom. The van der Waals surface area contributed by atoms with E-state index < -0.39 is 0 Å². The highest BCUT2D eigenvalue weighted by Crippen LogP contribution is 2.23. The predicted octanol–water partition coefficient (Wildman–Crippen LogP) is 1.99. The largest absolute Gasteiger partial charge is 0.469 e. The van der Waals surface area contributed by atoms with Gasteiger partial charge in [0, 0.05) is 29.6 Å². The maximum atomic E-state index is 11.6. The molecule has 4 heteroatoms. The first kappa shape index (κ1) is 13.6. The standard InChI is InChI=1S/C15H20N2O2/c1-17(2)9-8-14-12(10-15(18)19-3)11-6-4-5-7-13(11)16-14/h4-7,16H,8-10H2,1-3H3. The van der Waals surface area contributed by atoms with Crippen LogP contribution in [-0.4, -0.2) is 43.6 Å². The van der Waals surface area contributed by atoms with Crippen LogP contribution < -0.4 is 0 Å². The third-order valence-electron chi connectivity index (χ3n) is 3.26. The number of para-hydroxylation sites is 1. The minimum absolute atomic E-state index is 0.198. The molecule has 1 N–H and O–H groups in total. The SMILES string of the molecule is COC(=O)Cc1c(CCN(C)C)[nH]c2ccccc12. The van der Waals surface area contributed by atoms with Crippen molar-refractivity contribution in [2.24, 2.45) is 0 Å². The van der Waals surface area contributed by atoms with Crippen LogP contribution in [0.1, 0.15) is 11.3 Å². The van der Waals surface area contributed by atoms with E-state index in [-0.39, 0.29) is 5.97 Å². The minimum atomic E-state index is -0.198. The number of benzene rings is 1. The molecule has 2 aromatic rings. The molecule has 2 rings (SSSR count). The van der Waals surface area contributed by atoms with Crippen LogP contribution in [0.3, 0.4) is 0 Å². The zero-order chi connectivity index (χ0) is 13.8. The van der Waals surface area contributed by atoms with Crippen LogP contribution >= 0.6 is 0 Å². The van der Waals surface area contributed by atoms with Crippen molar-refractivity contribution in [2.45, 2.75) is 12.8 Å². The number of carbonyl (C=O) groups is 1. The molecule has 0 atom stereocenters. The maximum absolute atomic E-state index is 11.6. The second-order valence-electron chi connectivity index (χ2n) is 4.93. The summed E-state index contributed by atoms with van der Waals surface area (Å²) >= 11 is 0. The number of fused-ring (bicyclic) bond motifs is 1. The Morgan fingerprint density at radius 3 is 2.74 bits per heavy atom. The molecule has 19 heavy (non-hydrogen) atoms. The van der Waals surface area contributed by atoms with Gasteiger partial charge in [0.25, 0.3) is 0 Å². The Bertz CT molecular complexity index is 573. The lowest BCUT2D eigenvalue weighted by molar-refractivity contribution is -0.139. The molecule has 0 bridgehead atoms. The summed E-state index contributed by atoms with van der Waals surface area (Å²) in [4.78, 5) is 17.1. The number of nitrogens with one attached hydrogen (secondary N) is 1. The van der Waals surface area contributed by atoms with Crippen LogP contribution in [-0.2, 0) is 22.4 Å². The van der Waals surface area contributed by atoms with Gasteiger partial charge in [-0.15, -0.1) is 0 Å². The molecule has 0 spiro atoms. The molecule has 4 nitrogen and oxygen atoms in total. The molecule has 0 aliphatic rings. The van der Waals surface area contributed by atoms with Crippen molar-refractivity contribution in [3.63, 3.8) is 0 Å². The summed E-state index contributed by atoms with van der Waals surface area (Å²) in [5.74, 6) is -0.198. The summed E-state index contributed by atoms with van der Waals surface area (Å²) in [6.07, 6.45) is 1.22. The van der Waals surface area contributed by atoms with Gasteiger partial charge >= 0.3 is 5.97 Å². The Labute approximate surface area is 113 Å². The van der Waals surface area contributed by atoms with Crippen LogP contribution in [0.4, 0.5) is 0 Å². The Kier molecular flexibility index (Phi) is 4.22. The molecule has 1 heterocycles. The Balaban J connectivity index is 2.37. The third kappa shape index (κ3) is 3.15. The number of nitrogens with zero attached hydrogens (tertiary/aromatic N) is 1. The third-order valence-corrected chi connectivity index (χ3v) is 3.26. The molecule has 0 aliphatic heterocycles. The lowest BCUT2D eigenvalue weighted by Gasteiger charge is -2.09. The van der Waals surface area contributed by atoms with E-state index in [4.69, 9.17) is 4.74 Å². The maximum Gasteiger partial charge on any atom is 0.310 e. The van der Waals surface area contributed by atoms with Crippen LogP contribution in [0.2, 0.25) is 0 Å². The highest BCUT2D eigenvalue weighted by molar-refractivity contribution is 5.88. The highest BCUT2D eigenvalue weighted by Gasteiger charge is 2.14. The summed E-state index contributed by atoms with van der Waals surface area (Å²) in [7, 11) is 5.52. The van der Waals surface area contributed by atoms with Crippen LogP contribution in [0.15, 0.2) is 24.3 Å². The zero-order valence-electron chi connectivity index (χ0n) is 11.7. The lowest BCUT2D eigenvalue weighted by atomic mass is 10.1. The number of ether oxygens (including phenoxy) is 1. The second-order valence-corrected chi connectivity index (χ2v) is 4.93. The van der Waals surface area contributed by atoms with E-state index in [1.54, 1.807) is 0 Å². The normalized spacial score (nSPS) is 11.2. The number of H-pyrrole nitrogens is 1. The van der Waals surface area contributed by atoms with Crippen molar-refractivity contribution in [1.82, 2.24) is 9.88 Å². The number of esters is 1. The molecule has 0 saturated heterocycles. The van der Waals surface area contributed by atoms with E-state index in [1.807, 2.05) is 38.4 Å². The number of hydrogen-bond acceptors (Lipinski definition) is 3. The molecule has 0 aliphatic carbocycles. The van der Waals surface area contributed by atoms with Gasteiger partial charge in [0.1, 0.15) is 0 Å². The van der Waals surface area contributed by atoms with Gasteiger partial charge in [-0.1, -0.05) is 18.2 Å². The van der Waals surface area contributed by atoms with E-state index in [0.717, 1.165) is 35.1 Å². The van der Waals surface area contributed by atoms with Gasteiger partial charge in [0.2, 0.25) is 0 Å². The molecule has 0 fully saturated rings. The molecular weight excluding hydrogens is 240 g/mol. The summed E-state index contributed by atoms with van der Waals surface area (Å²) in [5.41, 5.74) is 3.26.